The lowest BCUT2D eigenvalue weighted by molar-refractivity contribution is -0.384. The van der Waals surface area contributed by atoms with Gasteiger partial charge in [-0.15, -0.1) is 10.2 Å². The largest absolute Gasteiger partial charge is 0.325 e. The summed E-state index contributed by atoms with van der Waals surface area (Å²) < 4.78 is 2.16. The van der Waals surface area contributed by atoms with Gasteiger partial charge in [0.15, 0.2) is 5.16 Å². The molecule has 1 saturated carbocycles. The summed E-state index contributed by atoms with van der Waals surface area (Å²) in [6.45, 7) is 3.69. The second-order valence-electron chi connectivity index (χ2n) is 6.78. The molecule has 8 nitrogen and oxygen atoms in total. The number of aryl methyl sites for hydroxylation is 2. The van der Waals surface area contributed by atoms with Crippen molar-refractivity contribution >= 4 is 29.0 Å². The molecule has 1 aliphatic carbocycles. The van der Waals surface area contributed by atoms with Gasteiger partial charge < -0.3 is 9.88 Å². The number of hydrogen-bond donors (Lipinski definition) is 1. The lowest BCUT2D eigenvalue weighted by Crippen LogP contribution is -2.17. The Morgan fingerprint density at radius 3 is 2.70 bits per heavy atom. The molecule has 1 aromatic heterocycles. The van der Waals surface area contributed by atoms with Crippen LogP contribution in [0.2, 0.25) is 0 Å². The quantitative estimate of drug-likeness (QED) is 0.454. The van der Waals surface area contributed by atoms with Crippen molar-refractivity contribution in [1.82, 2.24) is 14.8 Å². The lowest BCUT2D eigenvalue weighted by Gasteiger charge is -2.24. The Hall–Kier alpha value is -2.42. The van der Waals surface area contributed by atoms with Crippen LogP contribution < -0.4 is 5.32 Å². The van der Waals surface area contributed by atoms with E-state index >= 15 is 0 Å². The number of carbonyl (C=O) groups is 1. The number of hydrogen-bond acceptors (Lipinski definition) is 6. The molecule has 27 heavy (non-hydrogen) atoms. The molecule has 1 fully saturated rings. The first-order valence-electron chi connectivity index (χ1n) is 9.05. The van der Waals surface area contributed by atoms with Crippen molar-refractivity contribution < 1.29 is 9.72 Å². The van der Waals surface area contributed by atoms with E-state index in [0.29, 0.717) is 17.3 Å². The predicted octanol–water partition coefficient (Wildman–Crippen LogP) is 4.04. The molecule has 0 aliphatic heterocycles. The van der Waals surface area contributed by atoms with Crippen LogP contribution in [0.3, 0.4) is 0 Å². The number of non-ortho nitro benzene ring substituents is 1. The maximum absolute atomic E-state index is 12.3. The van der Waals surface area contributed by atoms with Crippen molar-refractivity contribution in [3.63, 3.8) is 0 Å². The zero-order chi connectivity index (χ0) is 19.4. The number of carbonyl (C=O) groups excluding carboxylic acids is 1. The van der Waals surface area contributed by atoms with Gasteiger partial charge in [0.25, 0.3) is 5.69 Å². The highest BCUT2D eigenvalue weighted by molar-refractivity contribution is 7.99. The molecule has 1 amide bonds. The van der Waals surface area contributed by atoms with E-state index in [4.69, 9.17) is 0 Å². The molecule has 1 N–H and O–H groups in total. The molecule has 0 atom stereocenters. The van der Waals surface area contributed by atoms with Gasteiger partial charge in [0.2, 0.25) is 5.91 Å². The fourth-order valence-corrected chi connectivity index (χ4v) is 4.28. The fourth-order valence-electron chi connectivity index (χ4n) is 3.43. The number of thioether (sulfide) groups is 1. The normalized spacial score (nSPS) is 14.9. The first-order chi connectivity index (χ1) is 13.0. The first kappa shape index (κ1) is 19.3. The maximum Gasteiger partial charge on any atom is 0.269 e. The third kappa shape index (κ3) is 4.65. The number of nitrogens with zero attached hydrogens (tertiary/aromatic N) is 4. The Morgan fingerprint density at radius 2 is 2.04 bits per heavy atom. The van der Waals surface area contributed by atoms with E-state index < -0.39 is 4.92 Å². The van der Waals surface area contributed by atoms with Gasteiger partial charge in [0.05, 0.1) is 10.7 Å². The van der Waals surface area contributed by atoms with Crippen LogP contribution in [0.1, 0.15) is 49.5 Å². The van der Waals surface area contributed by atoms with Crippen molar-refractivity contribution in [3.05, 3.63) is 39.7 Å². The van der Waals surface area contributed by atoms with Crippen LogP contribution >= 0.6 is 11.8 Å². The number of anilines is 1. The molecule has 144 valence electrons. The SMILES string of the molecule is Cc1cc([N+](=O)[O-])ccc1NC(=O)CSc1nnc(C)n1C1CCCCC1. The molecular weight excluding hydrogens is 366 g/mol. The van der Waals surface area contributed by atoms with Gasteiger partial charge in [0, 0.05) is 23.9 Å². The number of nitro benzene ring substituents is 1. The van der Waals surface area contributed by atoms with Crippen molar-refractivity contribution in [2.75, 3.05) is 11.1 Å². The lowest BCUT2D eigenvalue weighted by atomic mass is 9.95. The molecular formula is C18H23N5O3S. The van der Waals surface area contributed by atoms with E-state index in [-0.39, 0.29) is 17.3 Å². The van der Waals surface area contributed by atoms with Crippen LogP contribution in [0.15, 0.2) is 23.4 Å². The average molecular weight is 389 g/mol. The highest BCUT2D eigenvalue weighted by Crippen LogP contribution is 2.32. The van der Waals surface area contributed by atoms with E-state index in [2.05, 4.69) is 20.1 Å². The number of nitro groups is 1. The average Bonchev–Trinajstić information content (AvgIpc) is 3.02. The first-order valence-corrected chi connectivity index (χ1v) is 10.0. The van der Waals surface area contributed by atoms with Crippen LogP contribution in [-0.4, -0.2) is 31.3 Å². The second-order valence-corrected chi connectivity index (χ2v) is 7.73. The molecule has 0 spiro atoms. The molecule has 0 bridgehead atoms. The smallest absolute Gasteiger partial charge is 0.269 e. The van der Waals surface area contributed by atoms with E-state index in [1.807, 2.05) is 6.92 Å². The minimum Gasteiger partial charge on any atom is -0.325 e. The molecule has 1 aliphatic rings. The zero-order valence-corrected chi connectivity index (χ0v) is 16.3. The maximum atomic E-state index is 12.3. The molecule has 1 aromatic carbocycles. The van der Waals surface area contributed by atoms with Gasteiger partial charge in [-0.2, -0.15) is 0 Å². The zero-order valence-electron chi connectivity index (χ0n) is 15.5. The Labute approximate surface area is 161 Å². The van der Waals surface area contributed by atoms with Crippen molar-refractivity contribution in [1.29, 1.82) is 0 Å². The predicted molar refractivity (Wildman–Crippen MR) is 104 cm³/mol. The molecule has 1 heterocycles. The third-order valence-electron chi connectivity index (χ3n) is 4.80. The second kappa shape index (κ2) is 8.51. The van der Waals surface area contributed by atoms with Gasteiger partial charge in [-0.1, -0.05) is 31.0 Å². The summed E-state index contributed by atoms with van der Waals surface area (Å²) in [5.74, 6) is 0.921. The van der Waals surface area contributed by atoms with Crippen molar-refractivity contribution in [2.24, 2.45) is 0 Å². The highest BCUT2D eigenvalue weighted by Gasteiger charge is 2.22. The fraction of sp³-hybridized carbons (Fsp3) is 0.500. The summed E-state index contributed by atoms with van der Waals surface area (Å²) in [5, 5.41) is 22.8. The molecule has 3 rings (SSSR count). The highest BCUT2D eigenvalue weighted by atomic mass is 32.2. The number of nitrogens with one attached hydrogen (secondary N) is 1. The summed E-state index contributed by atoms with van der Waals surface area (Å²) in [4.78, 5) is 22.7. The van der Waals surface area contributed by atoms with E-state index in [1.165, 1.54) is 43.2 Å². The van der Waals surface area contributed by atoms with Crippen LogP contribution in [-0.2, 0) is 4.79 Å². The summed E-state index contributed by atoms with van der Waals surface area (Å²) in [7, 11) is 0. The number of aromatic nitrogens is 3. The topological polar surface area (TPSA) is 103 Å². The summed E-state index contributed by atoms with van der Waals surface area (Å²) in [6.07, 6.45) is 5.96. The Morgan fingerprint density at radius 1 is 1.30 bits per heavy atom. The molecule has 0 unspecified atom stereocenters. The van der Waals surface area contributed by atoms with Gasteiger partial charge in [-0.05, 0) is 38.3 Å². The van der Waals surface area contributed by atoms with Gasteiger partial charge in [-0.3, -0.25) is 14.9 Å². The monoisotopic (exact) mass is 389 g/mol. The van der Waals surface area contributed by atoms with Crippen LogP contribution in [0.5, 0.6) is 0 Å². The standard InChI is InChI=1S/C18H23N5O3S/c1-12-10-15(23(25)26)8-9-16(12)19-17(24)11-27-18-21-20-13(2)22(18)14-6-4-3-5-7-14/h8-10,14H,3-7,11H2,1-2H3,(H,19,24). The minimum absolute atomic E-state index is 0.0101. The Kier molecular flexibility index (Phi) is 6.10. The number of amides is 1. The molecule has 0 radical (unpaired) electrons. The molecule has 2 aromatic rings. The van der Waals surface area contributed by atoms with E-state index in [0.717, 1.165) is 23.8 Å². The number of benzene rings is 1. The van der Waals surface area contributed by atoms with Gasteiger partial charge in [0.1, 0.15) is 5.82 Å². The Balaban J connectivity index is 1.62. The van der Waals surface area contributed by atoms with Crippen LogP contribution in [0, 0.1) is 24.0 Å². The summed E-state index contributed by atoms with van der Waals surface area (Å²) in [6, 6.07) is 4.81. The third-order valence-corrected chi connectivity index (χ3v) is 5.75. The molecule has 0 saturated heterocycles. The van der Waals surface area contributed by atoms with Crippen molar-refractivity contribution in [2.45, 2.75) is 57.1 Å². The summed E-state index contributed by atoms with van der Waals surface area (Å²) >= 11 is 1.37. The minimum atomic E-state index is -0.450. The Bertz CT molecular complexity index is 846. The van der Waals surface area contributed by atoms with Crippen LogP contribution in [0.25, 0.3) is 0 Å². The van der Waals surface area contributed by atoms with Crippen molar-refractivity contribution in [3.8, 4) is 0 Å². The summed E-state index contributed by atoms with van der Waals surface area (Å²) in [5.41, 5.74) is 1.25. The van der Waals surface area contributed by atoms with Gasteiger partial charge in [-0.25, -0.2) is 0 Å². The van der Waals surface area contributed by atoms with Crippen LogP contribution in [0.4, 0.5) is 11.4 Å². The number of rotatable bonds is 6. The van der Waals surface area contributed by atoms with Gasteiger partial charge >= 0.3 is 0 Å². The van der Waals surface area contributed by atoms with E-state index in [1.54, 1.807) is 13.0 Å². The van der Waals surface area contributed by atoms with E-state index in [9.17, 15) is 14.9 Å². The molecule has 9 heteroatoms.